The lowest BCUT2D eigenvalue weighted by Crippen LogP contribution is -1.79. The van der Waals surface area contributed by atoms with Crippen molar-refractivity contribution in [2.24, 2.45) is 0 Å². The Hall–Kier alpha value is -1.60. The molecular weight excluding hydrogens is 232 g/mol. The minimum atomic E-state index is 0.682. The molecule has 19 heavy (non-hydrogen) atoms. The summed E-state index contributed by atoms with van der Waals surface area (Å²) < 4.78 is 5.09. The molecule has 0 bridgehead atoms. The predicted octanol–water partition coefficient (Wildman–Crippen LogP) is 5.17. The number of furan rings is 1. The Morgan fingerprint density at radius 3 is 2.37 bits per heavy atom. The average Bonchev–Trinajstić information content (AvgIpc) is 2.93. The lowest BCUT2D eigenvalue weighted by molar-refractivity contribution is 0.554. The SMILES string of the molecule is CCCCCCCCCCC#CC#Cc1ccco1. The highest BCUT2D eigenvalue weighted by Crippen LogP contribution is 2.08. The van der Waals surface area contributed by atoms with Gasteiger partial charge < -0.3 is 4.42 Å². The molecule has 1 heterocycles. The molecule has 0 unspecified atom stereocenters. The molecule has 0 radical (unpaired) electrons. The highest BCUT2D eigenvalue weighted by molar-refractivity contribution is 5.34. The standard InChI is InChI=1S/C18H24O/c1-2-3-4-5-6-7-8-9-10-11-12-13-15-18-16-14-17-19-18/h14,16-17H,2-10H2,1H3. The second-order valence-electron chi connectivity index (χ2n) is 4.75. The van der Waals surface area contributed by atoms with Crippen molar-refractivity contribution in [2.75, 3.05) is 0 Å². The molecule has 1 nitrogen and oxygen atoms in total. The summed E-state index contributed by atoms with van der Waals surface area (Å²) in [5.41, 5.74) is 0. The second kappa shape index (κ2) is 11.5. The van der Waals surface area contributed by atoms with E-state index in [9.17, 15) is 0 Å². The molecule has 0 aliphatic rings. The first-order valence-electron chi connectivity index (χ1n) is 7.46. The van der Waals surface area contributed by atoms with Crippen molar-refractivity contribution in [1.29, 1.82) is 0 Å². The minimum absolute atomic E-state index is 0.682. The van der Waals surface area contributed by atoms with Gasteiger partial charge in [-0.25, -0.2) is 0 Å². The second-order valence-corrected chi connectivity index (χ2v) is 4.75. The van der Waals surface area contributed by atoms with Crippen LogP contribution in [0.5, 0.6) is 0 Å². The first-order chi connectivity index (χ1) is 9.43. The quantitative estimate of drug-likeness (QED) is 0.462. The van der Waals surface area contributed by atoms with E-state index < -0.39 is 0 Å². The molecule has 1 aromatic heterocycles. The van der Waals surface area contributed by atoms with Crippen molar-refractivity contribution < 1.29 is 4.42 Å². The zero-order valence-electron chi connectivity index (χ0n) is 12.0. The Morgan fingerprint density at radius 2 is 1.68 bits per heavy atom. The van der Waals surface area contributed by atoms with Gasteiger partial charge in [0.1, 0.15) is 0 Å². The predicted molar refractivity (Wildman–Crippen MR) is 80.6 cm³/mol. The minimum Gasteiger partial charge on any atom is -0.456 e. The van der Waals surface area contributed by atoms with Gasteiger partial charge in [-0.2, -0.15) is 0 Å². The summed E-state index contributed by atoms with van der Waals surface area (Å²) in [6.45, 7) is 2.26. The van der Waals surface area contributed by atoms with E-state index in [4.69, 9.17) is 4.42 Å². The molecule has 102 valence electrons. The van der Waals surface area contributed by atoms with Gasteiger partial charge in [0.25, 0.3) is 0 Å². The Labute approximate surface area is 117 Å². The van der Waals surface area contributed by atoms with Crippen molar-refractivity contribution in [3.63, 3.8) is 0 Å². The van der Waals surface area contributed by atoms with Gasteiger partial charge in [-0.1, -0.05) is 57.8 Å². The van der Waals surface area contributed by atoms with Gasteiger partial charge in [0.2, 0.25) is 0 Å². The van der Waals surface area contributed by atoms with Gasteiger partial charge in [0.05, 0.1) is 6.26 Å². The summed E-state index contributed by atoms with van der Waals surface area (Å²) in [6, 6.07) is 3.67. The fraction of sp³-hybridized carbons (Fsp3) is 0.556. The molecule has 1 rings (SSSR count). The Balaban J connectivity index is 1.94. The zero-order chi connectivity index (χ0) is 13.6. The number of unbranched alkanes of at least 4 members (excludes halogenated alkanes) is 8. The van der Waals surface area contributed by atoms with E-state index in [0.717, 1.165) is 6.42 Å². The molecule has 0 aromatic carbocycles. The maximum Gasteiger partial charge on any atom is 0.177 e. The van der Waals surface area contributed by atoms with Gasteiger partial charge >= 0.3 is 0 Å². The van der Waals surface area contributed by atoms with Crippen molar-refractivity contribution in [2.45, 2.75) is 64.7 Å². The van der Waals surface area contributed by atoms with Gasteiger partial charge in [-0.15, -0.1) is 0 Å². The zero-order valence-corrected chi connectivity index (χ0v) is 12.0. The maximum absolute atomic E-state index is 5.09. The van der Waals surface area contributed by atoms with Crippen LogP contribution in [0.1, 0.15) is 70.5 Å². The lowest BCUT2D eigenvalue weighted by Gasteiger charge is -1.98. The summed E-state index contributed by atoms with van der Waals surface area (Å²) in [6.07, 6.45) is 13.3. The third-order valence-electron chi connectivity index (χ3n) is 3.01. The van der Waals surface area contributed by atoms with E-state index >= 15 is 0 Å². The summed E-state index contributed by atoms with van der Waals surface area (Å²) in [5.74, 6) is 12.3. The number of hydrogen-bond donors (Lipinski definition) is 0. The van der Waals surface area contributed by atoms with E-state index in [0.29, 0.717) is 5.76 Å². The molecule has 0 fully saturated rings. The summed E-state index contributed by atoms with van der Waals surface area (Å²) in [7, 11) is 0. The van der Waals surface area contributed by atoms with E-state index in [1.807, 2.05) is 12.1 Å². The van der Waals surface area contributed by atoms with Crippen molar-refractivity contribution in [3.8, 4) is 23.7 Å². The van der Waals surface area contributed by atoms with E-state index in [1.165, 1.54) is 51.4 Å². The van der Waals surface area contributed by atoms with Crippen LogP contribution in [0.25, 0.3) is 0 Å². The lowest BCUT2D eigenvalue weighted by atomic mass is 10.1. The normalized spacial score (nSPS) is 9.32. The summed E-state index contributed by atoms with van der Waals surface area (Å²) in [5, 5.41) is 0. The fourth-order valence-corrected chi connectivity index (χ4v) is 1.90. The van der Waals surface area contributed by atoms with Crippen molar-refractivity contribution in [1.82, 2.24) is 0 Å². The molecular formula is C18H24O. The van der Waals surface area contributed by atoms with E-state index in [2.05, 4.69) is 30.6 Å². The van der Waals surface area contributed by atoms with Gasteiger partial charge in [-0.05, 0) is 36.3 Å². The van der Waals surface area contributed by atoms with Crippen LogP contribution >= 0.6 is 0 Å². The van der Waals surface area contributed by atoms with Crippen LogP contribution in [0.15, 0.2) is 22.8 Å². The van der Waals surface area contributed by atoms with Gasteiger partial charge in [0.15, 0.2) is 5.76 Å². The fourth-order valence-electron chi connectivity index (χ4n) is 1.90. The smallest absolute Gasteiger partial charge is 0.177 e. The molecule has 0 amide bonds. The average molecular weight is 256 g/mol. The van der Waals surface area contributed by atoms with Gasteiger partial charge in [-0.3, -0.25) is 0 Å². The molecule has 0 aliphatic heterocycles. The number of rotatable bonds is 8. The molecule has 0 saturated heterocycles. The van der Waals surface area contributed by atoms with Crippen LogP contribution in [0.4, 0.5) is 0 Å². The Bertz CT molecular complexity index is 420. The molecule has 1 aromatic rings. The summed E-state index contributed by atoms with van der Waals surface area (Å²) >= 11 is 0. The molecule has 0 atom stereocenters. The van der Waals surface area contributed by atoms with Crippen LogP contribution in [0.3, 0.4) is 0 Å². The van der Waals surface area contributed by atoms with Crippen LogP contribution in [-0.4, -0.2) is 0 Å². The largest absolute Gasteiger partial charge is 0.456 e. The van der Waals surface area contributed by atoms with E-state index in [-0.39, 0.29) is 0 Å². The first-order valence-corrected chi connectivity index (χ1v) is 7.46. The van der Waals surface area contributed by atoms with Crippen LogP contribution in [0.2, 0.25) is 0 Å². The van der Waals surface area contributed by atoms with Crippen LogP contribution in [0, 0.1) is 23.7 Å². The van der Waals surface area contributed by atoms with Crippen molar-refractivity contribution >= 4 is 0 Å². The topological polar surface area (TPSA) is 13.1 Å². The molecule has 0 aliphatic carbocycles. The van der Waals surface area contributed by atoms with Crippen LogP contribution in [-0.2, 0) is 0 Å². The first kappa shape index (κ1) is 15.5. The highest BCUT2D eigenvalue weighted by atomic mass is 16.3. The van der Waals surface area contributed by atoms with Gasteiger partial charge in [0, 0.05) is 6.42 Å². The van der Waals surface area contributed by atoms with Crippen LogP contribution < -0.4 is 0 Å². The molecule has 1 heteroatoms. The third-order valence-corrected chi connectivity index (χ3v) is 3.01. The Kier molecular flexibility index (Phi) is 9.35. The van der Waals surface area contributed by atoms with Crippen molar-refractivity contribution in [3.05, 3.63) is 24.2 Å². The molecule has 0 spiro atoms. The van der Waals surface area contributed by atoms with E-state index in [1.54, 1.807) is 6.26 Å². The molecule has 0 saturated carbocycles. The monoisotopic (exact) mass is 256 g/mol. The number of hydrogen-bond acceptors (Lipinski definition) is 1. The Morgan fingerprint density at radius 1 is 0.947 bits per heavy atom. The molecule has 0 N–H and O–H groups in total. The highest BCUT2D eigenvalue weighted by Gasteiger charge is 1.90. The third kappa shape index (κ3) is 9.04. The maximum atomic E-state index is 5.09. The summed E-state index contributed by atoms with van der Waals surface area (Å²) in [4.78, 5) is 0.